The van der Waals surface area contributed by atoms with Crippen LogP contribution >= 0.6 is 11.3 Å². The summed E-state index contributed by atoms with van der Waals surface area (Å²) in [5.41, 5.74) is 17.5. The molecule has 7 aromatic carbocycles. The van der Waals surface area contributed by atoms with Gasteiger partial charge in [-0.3, -0.25) is 0 Å². The van der Waals surface area contributed by atoms with E-state index >= 15 is 0 Å². The summed E-state index contributed by atoms with van der Waals surface area (Å²) in [5, 5.41) is 7.53. The fraction of sp³-hybridized carbons (Fsp3) is 0.222. The molecular formula is C54H47BN2OS. The van der Waals surface area contributed by atoms with E-state index in [9.17, 15) is 0 Å². The van der Waals surface area contributed by atoms with Crippen molar-refractivity contribution in [1.29, 1.82) is 0 Å². The van der Waals surface area contributed by atoms with Crippen LogP contribution in [0.2, 0.25) is 0 Å². The maximum atomic E-state index is 6.56. The van der Waals surface area contributed by atoms with Crippen LogP contribution in [0, 0.1) is 0 Å². The van der Waals surface area contributed by atoms with Crippen molar-refractivity contribution in [2.75, 3.05) is 4.81 Å². The van der Waals surface area contributed by atoms with Gasteiger partial charge in [-0.05, 0) is 98.0 Å². The zero-order chi connectivity index (χ0) is 40.5. The minimum Gasteiger partial charge on any atom is -0.456 e. The standard InChI is InChI=1S/C54H47BN2OS/c1-52(2,3)30-14-18-33(19-15-30)57-45-27-41-35-20-16-32(54(7,8)9)25-48(35)59-49(41)28-39(45)36-21-22-37-38-26-40-34-12-10-11-13-46(34)58-47(40)29-44(38)56-43-23-17-31(53(4,5)6)24-42(43)55(57)50(36)51(37)56/h10-29H,1-9H3. The average molecular weight is 783 g/mol. The van der Waals surface area contributed by atoms with Crippen LogP contribution in [0.1, 0.15) is 79.0 Å². The lowest BCUT2D eigenvalue weighted by atomic mass is 9.43. The van der Waals surface area contributed by atoms with Crippen LogP contribution in [0.5, 0.6) is 0 Å². The van der Waals surface area contributed by atoms with Crippen molar-refractivity contribution in [3.8, 4) is 16.8 Å². The van der Waals surface area contributed by atoms with Crippen molar-refractivity contribution in [3.05, 3.63) is 138 Å². The van der Waals surface area contributed by atoms with E-state index in [1.54, 1.807) is 0 Å². The van der Waals surface area contributed by atoms with Crippen molar-refractivity contribution in [3.63, 3.8) is 0 Å². The summed E-state index contributed by atoms with van der Waals surface area (Å²) < 4.78 is 11.8. The molecule has 2 aliphatic heterocycles. The third-order valence-corrected chi connectivity index (χ3v) is 14.6. The molecule has 0 bridgehead atoms. The predicted molar refractivity (Wildman–Crippen MR) is 256 cm³/mol. The van der Waals surface area contributed by atoms with Crippen LogP contribution in [0.3, 0.4) is 0 Å². The van der Waals surface area contributed by atoms with Crippen molar-refractivity contribution < 1.29 is 4.42 Å². The largest absolute Gasteiger partial charge is 0.456 e. The molecule has 12 rings (SSSR count). The molecule has 5 heterocycles. The van der Waals surface area contributed by atoms with E-state index in [-0.39, 0.29) is 23.1 Å². The second kappa shape index (κ2) is 11.5. The minimum absolute atomic E-state index is 0.0250. The molecule has 0 aliphatic carbocycles. The van der Waals surface area contributed by atoms with Crippen LogP contribution in [-0.2, 0) is 16.2 Å². The van der Waals surface area contributed by atoms with Crippen LogP contribution in [0.25, 0.3) is 80.7 Å². The first kappa shape index (κ1) is 35.2. The van der Waals surface area contributed by atoms with E-state index in [1.807, 2.05) is 11.3 Å². The average Bonchev–Trinajstić information content (AvgIpc) is 3.86. The van der Waals surface area contributed by atoms with E-state index in [1.165, 1.54) is 97.8 Å². The summed E-state index contributed by atoms with van der Waals surface area (Å²) in [6.45, 7) is 20.8. The number of anilines is 2. The van der Waals surface area contributed by atoms with Crippen LogP contribution in [0.4, 0.5) is 11.4 Å². The smallest absolute Gasteiger partial charge is 0.333 e. The fourth-order valence-corrected chi connectivity index (χ4v) is 11.4. The van der Waals surface area contributed by atoms with Gasteiger partial charge < -0.3 is 13.8 Å². The number of hydrogen-bond acceptors (Lipinski definition) is 3. The van der Waals surface area contributed by atoms with Gasteiger partial charge in [0.2, 0.25) is 0 Å². The molecule has 0 spiro atoms. The molecule has 0 fully saturated rings. The molecular weight excluding hydrogens is 735 g/mol. The van der Waals surface area contributed by atoms with Gasteiger partial charge in [0.05, 0.1) is 11.0 Å². The molecule has 0 N–H and O–H groups in total. The first-order chi connectivity index (χ1) is 28.1. The van der Waals surface area contributed by atoms with Gasteiger partial charge in [-0.15, -0.1) is 11.3 Å². The molecule has 10 aromatic rings. The SMILES string of the molecule is CC(C)(C)c1ccc(N2B3c4cc(C(C)(C)C)ccc4-n4c5cc6oc7ccccc7c6cc5c5ccc(c3c54)-c3cc4sc5cc(C(C)(C)C)ccc5c4cc32)cc1. The van der Waals surface area contributed by atoms with Gasteiger partial charge in [-0.25, -0.2) is 0 Å². The Morgan fingerprint density at radius 1 is 0.492 bits per heavy atom. The van der Waals surface area contributed by atoms with Gasteiger partial charge in [0.1, 0.15) is 11.2 Å². The topological polar surface area (TPSA) is 21.3 Å². The monoisotopic (exact) mass is 782 g/mol. The number of nitrogens with zero attached hydrogens (tertiary/aromatic N) is 2. The number of fused-ring (bicyclic) bond motifs is 14. The highest BCUT2D eigenvalue weighted by Gasteiger charge is 2.44. The van der Waals surface area contributed by atoms with Crippen molar-refractivity contribution in [2.24, 2.45) is 0 Å². The molecule has 3 nitrogen and oxygen atoms in total. The van der Waals surface area contributed by atoms with Crippen molar-refractivity contribution in [1.82, 2.24) is 4.57 Å². The Hall–Kier alpha value is -5.78. The number of para-hydroxylation sites is 1. The van der Waals surface area contributed by atoms with Crippen molar-refractivity contribution in [2.45, 2.75) is 78.6 Å². The Kier molecular flexibility index (Phi) is 6.85. The van der Waals surface area contributed by atoms with Gasteiger partial charge in [0.15, 0.2) is 0 Å². The number of rotatable bonds is 1. The molecule has 0 unspecified atom stereocenters. The zero-order valence-electron chi connectivity index (χ0n) is 35.3. The summed E-state index contributed by atoms with van der Waals surface area (Å²) in [5.74, 6) is 0. The molecule has 3 aromatic heterocycles. The lowest BCUT2D eigenvalue weighted by Crippen LogP contribution is -2.60. The number of benzene rings is 7. The van der Waals surface area contributed by atoms with Crippen LogP contribution < -0.4 is 15.7 Å². The Labute approximate surface area is 350 Å². The molecule has 0 radical (unpaired) electrons. The molecule has 5 heteroatoms. The van der Waals surface area contributed by atoms with Gasteiger partial charge in [0, 0.05) is 70.4 Å². The van der Waals surface area contributed by atoms with E-state index in [4.69, 9.17) is 4.42 Å². The third kappa shape index (κ3) is 4.88. The molecule has 0 saturated carbocycles. The normalized spacial score (nSPS) is 14.1. The Balaban J connectivity index is 1.23. The highest BCUT2D eigenvalue weighted by Crippen LogP contribution is 2.50. The van der Waals surface area contributed by atoms with Crippen LogP contribution in [0.15, 0.2) is 126 Å². The maximum Gasteiger partial charge on any atom is 0.333 e. The summed E-state index contributed by atoms with van der Waals surface area (Å²) in [6, 6.07) is 46.8. The quantitative estimate of drug-likeness (QED) is 0.155. The zero-order valence-corrected chi connectivity index (χ0v) is 36.2. The number of furan rings is 1. The lowest BCUT2D eigenvalue weighted by Gasteiger charge is -2.42. The Morgan fingerprint density at radius 2 is 1.17 bits per heavy atom. The highest BCUT2D eigenvalue weighted by atomic mass is 32.1. The molecule has 0 atom stereocenters. The number of aromatic nitrogens is 1. The first-order valence-electron chi connectivity index (χ1n) is 21.1. The Bertz CT molecular complexity index is 3450. The first-order valence-corrected chi connectivity index (χ1v) is 21.9. The Morgan fingerprint density at radius 3 is 1.93 bits per heavy atom. The minimum atomic E-state index is -0.0468. The van der Waals surface area contributed by atoms with E-state index in [0.717, 1.165) is 21.9 Å². The van der Waals surface area contributed by atoms with Gasteiger partial charge in [0.25, 0.3) is 0 Å². The summed E-state index contributed by atoms with van der Waals surface area (Å²) in [4.78, 5) is 2.68. The third-order valence-electron chi connectivity index (χ3n) is 13.4. The van der Waals surface area contributed by atoms with Gasteiger partial charge >= 0.3 is 6.85 Å². The highest BCUT2D eigenvalue weighted by molar-refractivity contribution is 7.25. The number of hydrogen-bond donors (Lipinski definition) is 0. The molecule has 0 saturated heterocycles. The number of thiophene rings is 1. The second-order valence-corrected chi connectivity index (χ2v) is 21.3. The van der Waals surface area contributed by atoms with Gasteiger partial charge in [-0.1, -0.05) is 129 Å². The van der Waals surface area contributed by atoms with Crippen molar-refractivity contribution >= 4 is 104 Å². The van der Waals surface area contributed by atoms with E-state index in [2.05, 4.69) is 193 Å². The van der Waals surface area contributed by atoms with E-state index < -0.39 is 0 Å². The summed E-state index contributed by atoms with van der Waals surface area (Å²) in [6.07, 6.45) is 0. The molecule has 2 aliphatic rings. The molecule has 288 valence electrons. The van der Waals surface area contributed by atoms with E-state index in [0.29, 0.717) is 0 Å². The summed E-state index contributed by atoms with van der Waals surface area (Å²) in [7, 11) is 0. The van der Waals surface area contributed by atoms with Crippen LogP contribution in [-0.4, -0.2) is 11.4 Å². The lowest BCUT2D eigenvalue weighted by molar-refractivity contribution is 0.590. The fourth-order valence-electron chi connectivity index (χ4n) is 10.2. The molecule has 0 amide bonds. The molecule has 59 heavy (non-hydrogen) atoms. The predicted octanol–water partition coefficient (Wildman–Crippen LogP) is 14.2. The maximum absolute atomic E-state index is 6.56. The van der Waals surface area contributed by atoms with Gasteiger partial charge in [-0.2, -0.15) is 0 Å². The summed E-state index contributed by atoms with van der Waals surface area (Å²) >= 11 is 1.93. The second-order valence-electron chi connectivity index (χ2n) is 20.2.